The summed E-state index contributed by atoms with van der Waals surface area (Å²) >= 11 is 1.67. The highest BCUT2D eigenvalue weighted by molar-refractivity contribution is 7.98. The first-order valence-electron chi connectivity index (χ1n) is 8.60. The van der Waals surface area contributed by atoms with Crippen molar-refractivity contribution in [1.82, 2.24) is 15.5 Å². The van der Waals surface area contributed by atoms with E-state index in [1.165, 1.54) is 0 Å². The van der Waals surface area contributed by atoms with E-state index in [1.54, 1.807) is 16.7 Å². The first-order valence-corrected chi connectivity index (χ1v) is 9.83. The number of nitrogens with one attached hydrogen (secondary N) is 2. The van der Waals surface area contributed by atoms with Crippen LogP contribution >= 0.6 is 11.8 Å². The van der Waals surface area contributed by atoms with Gasteiger partial charge in [0.05, 0.1) is 6.04 Å². The Morgan fingerprint density at radius 3 is 2.71 bits per heavy atom. The Morgan fingerprint density at radius 2 is 2.00 bits per heavy atom. The Kier molecular flexibility index (Phi) is 5.33. The van der Waals surface area contributed by atoms with E-state index < -0.39 is 0 Å². The molecule has 1 aliphatic heterocycles. The predicted octanol–water partition coefficient (Wildman–Crippen LogP) is 2.92. The zero-order valence-corrected chi connectivity index (χ0v) is 15.1. The third-order valence-electron chi connectivity index (χ3n) is 4.69. The van der Waals surface area contributed by atoms with E-state index in [1.807, 2.05) is 31.4 Å². The van der Waals surface area contributed by atoms with Crippen LogP contribution in [0.4, 0.5) is 4.79 Å². The molecule has 0 radical (unpaired) electrons. The molecule has 2 atom stereocenters. The molecule has 6 heteroatoms. The van der Waals surface area contributed by atoms with E-state index in [2.05, 4.69) is 16.7 Å². The van der Waals surface area contributed by atoms with Crippen LogP contribution in [0.25, 0.3) is 0 Å². The number of carbonyl (C=O) groups is 2. The number of rotatable bonds is 5. The Morgan fingerprint density at radius 1 is 1.25 bits per heavy atom. The van der Waals surface area contributed by atoms with Crippen LogP contribution in [0.3, 0.4) is 0 Å². The van der Waals surface area contributed by atoms with Gasteiger partial charge in [-0.3, -0.25) is 4.79 Å². The van der Waals surface area contributed by atoms with Gasteiger partial charge in [0.1, 0.15) is 6.04 Å². The van der Waals surface area contributed by atoms with Crippen LogP contribution < -0.4 is 10.6 Å². The monoisotopic (exact) mass is 347 g/mol. The van der Waals surface area contributed by atoms with Crippen molar-refractivity contribution >= 4 is 23.7 Å². The summed E-state index contributed by atoms with van der Waals surface area (Å²) in [4.78, 5) is 27.9. The molecule has 1 heterocycles. The minimum atomic E-state index is -0.325. The highest BCUT2D eigenvalue weighted by Crippen LogP contribution is 2.27. The van der Waals surface area contributed by atoms with Crippen LogP contribution in [-0.2, 0) is 4.79 Å². The number of likely N-dealkylation sites (tertiary alicyclic amines) is 1. The van der Waals surface area contributed by atoms with Gasteiger partial charge in [0, 0.05) is 17.5 Å². The van der Waals surface area contributed by atoms with Crippen molar-refractivity contribution in [2.45, 2.75) is 55.6 Å². The Bertz CT molecular complexity index is 618. The zero-order chi connectivity index (χ0) is 17.1. The summed E-state index contributed by atoms with van der Waals surface area (Å²) in [5.41, 5.74) is 1.11. The van der Waals surface area contributed by atoms with Crippen LogP contribution in [-0.4, -0.2) is 41.7 Å². The number of carbonyl (C=O) groups excluding carboxylic acids is 2. The van der Waals surface area contributed by atoms with Gasteiger partial charge in [0.2, 0.25) is 5.91 Å². The maximum atomic E-state index is 12.7. The molecule has 1 aromatic carbocycles. The number of nitrogens with zero attached hydrogens (tertiary/aromatic N) is 1. The van der Waals surface area contributed by atoms with Crippen molar-refractivity contribution in [3.63, 3.8) is 0 Å². The lowest BCUT2D eigenvalue weighted by Crippen LogP contribution is -2.50. The summed E-state index contributed by atoms with van der Waals surface area (Å²) in [6.45, 7) is 2.63. The summed E-state index contributed by atoms with van der Waals surface area (Å²) in [7, 11) is 0. The number of urea groups is 1. The second-order valence-corrected chi connectivity index (χ2v) is 7.40. The molecule has 3 amide bonds. The topological polar surface area (TPSA) is 61.4 Å². The number of hydrogen-bond acceptors (Lipinski definition) is 3. The lowest BCUT2D eigenvalue weighted by atomic mass is 10.1. The summed E-state index contributed by atoms with van der Waals surface area (Å²) in [6, 6.07) is 7.86. The van der Waals surface area contributed by atoms with Crippen molar-refractivity contribution in [3.05, 3.63) is 29.8 Å². The number of thioether (sulfide) groups is 1. The molecule has 24 heavy (non-hydrogen) atoms. The first kappa shape index (κ1) is 17.1. The molecule has 3 rings (SSSR count). The van der Waals surface area contributed by atoms with Crippen molar-refractivity contribution < 1.29 is 9.59 Å². The van der Waals surface area contributed by atoms with Crippen molar-refractivity contribution in [2.75, 3.05) is 12.8 Å². The van der Waals surface area contributed by atoms with Crippen molar-refractivity contribution in [2.24, 2.45) is 0 Å². The fourth-order valence-electron chi connectivity index (χ4n) is 3.18. The van der Waals surface area contributed by atoms with E-state index in [4.69, 9.17) is 0 Å². The molecule has 2 fully saturated rings. The maximum Gasteiger partial charge on any atom is 0.318 e. The molecule has 0 spiro atoms. The average molecular weight is 347 g/mol. The highest BCUT2D eigenvalue weighted by Gasteiger charge is 2.36. The average Bonchev–Trinajstić information content (AvgIpc) is 3.25. The molecule has 0 unspecified atom stereocenters. The fourth-order valence-corrected chi connectivity index (χ4v) is 3.87. The van der Waals surface area contributed by atoms with Gasteiger partial charge in [-0.05, 0) is 50.5 Å². The first-order chi connectivity index (χ1) is 11.6. The quantitative estimate of drug-likeness (QED) is 0.805. The second kappa shape index (κ2) is 7.47. The van der Waals surface area contributed by atoms with Gasteiger partial charge >= 0.3 is 6.03 Å². The number of amides is 3. The van der Waals surface area contributed by atoms with Crippen LogP contribution in [0.5, 0.6) is 0 Å². The molecule has 2 N–H and O–H groups in total. The third-order valence-corrected chi connectivity index (χ3v) is 5.50. The van der Waals surface area contributed by atoms with E-state index in [9.17, 15) is 9.59 Å². The largest absolute Gasteiger partial charge is 0.352 e. The second-order valence-electron chi connectivity index (χ2n) is 6.55. The number of hydrogen-bond donors (Lipinski definition) is 2. The van der Waals surface area contributed by atoms with Crippen molar-refractivity contribution in [1.29, 1.82) is 0 Å². The van der Waals surface area contributed by atoms with Crippen LogP contribution in [0.15, 0.2) is 29.2 Å². The smallest absolute Gasteiger partial charge is 0.318 e. The van der Waals surface area contributed by atoms with E-state index in [0.29, 0.717) is 12.6 Å². The summed E-state index contributed by atoms with van der Waals surface area (Å²) in [5.74, 6) is 0.00215. The molecule has 0 bridgehead atoms. The number of benzene rings is 1. The lowest BCUT2D eigenvalue weighted by molar-refractivity contribution is -0.124. The Balaban J connectivity index is 1.63. The third kappa shape index (κ3) is 3.86. The van der Waals surface area contributed by atoms with Crippen LogP contribution in [0, 0.1) is 0 Å². The molecule has 1 saturated heterocycles. The van der Waals surface area contributed by atoms with Gasteiger partial charge in [0.25, 0.3) is 0 Å². The zero-order valence-electron chi connectivity index (χ0n) is 14.2. The molecule has 2 aliphatic rings. The van der Waals surface area contributed by atoms with E-state index >= 15 is 0 Å². The molecule has 1 aromatic rings. The SMILES string of the molecule is CSc1ccccc1[C@@H](C)NC(=O)N1CCC[C@@H]1C(=O)NC1CC1. The van der Waals surface area contributed by atoms with E-state index in [0.717, 1.165) is 36.1 Å². The van der Waals surface area contributed by atoms with Gasteiger partial charge in [-0.1, -0.05) is 18.2 Å². The lowest BCUT2D eigenvalue weighted by Gasteiger charge is -2.26. The molecule has 130 valence electrons. The fraction of sp³-hybridized carbons (Fsp3) is 0.556. The van der Waals surface area contributed by atoms with Crippen LogP contribution in [0.1, 0.15) is 44.2 Å². The Labute approximate surface area is 147 Å². The maximum absolute atomic E-state index is 12.7. The van der Waals surface area contributed by atoms with Crippen molar-refractivity contribution in [3.8, 4) is 0 Å². The van der Waals surface area contributed by atoms with Gasteiger partial charge in [-0.25, -0.2) is 4.79 Å². The standard InChI is InChI=1S/C18H25N3O2S/c1-12(14-6-3-4-8-16(14)24-2)19-18(23)21-11-5-7-15(21)17(22)20-13-9-10-13/h3-4,6,8,12-13,15H,5,7,9-11H2,1-2H3,(H,19,23)(H,20,22)/t12-,15-/m1/s1. The molecule has 1 aliphatic carbocycles. The molecule has 5 nitrogen and oxygen atoms in total. The molecule has 1 saturated carbocycles. The predicted molar refractivity (Wildman–Crippen MR) is 96.1 cm³/mol. The van der Waals surface area contributed by atoms with Gasteiger partial charge in [-0.2, -0.15) is 0 Å². The molecular weight excluding hydrogens is 322 g/mol. The molecular formula is C18H25N3O2S. The normalized spacial score (nSPS) is 21.4. The summed E-state index contributed by atoms with van der Waals surface area (Å²) < 4.78 is 0. The highest BCUT2D eigenvalue weighted by atomic mass is 32.2. The van der Waals surface area contributed by atoms with Crippen LogP contribution in [0.2, 0.25) is 0 Å². The van der Waals surface area contributed by atoms with E-state index in [-0.39, 0.29) is 24.0 Å². The van der Waals surface area contributed by atoms with Gasteiger partial charge in [-0.15, -0.1) is 11.8 Å². The molecule has 0 aromatic heterocycles. The summed E-state index contributed by atoms with van der Waals surface area (Å²) in [6.07, 6.45) is 5.79. The van der Waals surface area contributed by atoms with Gasteiger partial charge < -0.3 is 15.5 Å². The van der Waals surface area contributed by atoms with Gasteiger partial charge in [0.15, 0.2) is 0 Å². The minimum absolute atomic E-state index is 0.00215. The summed E-state index contributed by atoms with van der Waals surface area (Å²) in [5, 5.41) is 6.08. The minimum Gasteiger partial charge on any atom is -0.352 e. The Hall–Kier alpha value is -1.69.